The molecular formula is C25H27N5O. The summed E-state index contributed by atoms with van der Waals surface area (Å²) in [6.07, 6.45) is 7.12. The highest BCUT2D eigenvalue weighted by molar-refractivity contribution is 5.58. The second kappa shape index (κ2) is 8.47. The van der Waals surface area contributed by atoms with Gasteiger partial charge in [-0.2, -0.15) is 5.10 Å². The van der Waals surface area contributed by atoms with Gasteiger partial charge in [-0.15, -0.1) is 0 Å². The number of fused-ring (bicyclic) bond motifs is 1. The van der Waals surface area contributed by atoms with E-state index in [1.54, 1.807) is 0 Å². The molecule has 0 radical (unpaired) electrons. The molecule has 0 N–H and O–H groups in total. The topological polar surface area (TPSA) is 60.0 Å². The molecule has 1 aliphatic rings. The number of nitrogens with zero attached hydrogens (tertiary/aromatic N) is 5. The highest BCUT2D eigenvalue weighted by atomic mass is 16.3. The van der Waals surface area contributed by atoms with Crippen LogP contribution in [0.4, 0.5) is 0 Å². The number of hydrogen-bond donors (Lipinski definition) is 0. The van der Waals surface area contributed by atoms with E-state index in [4.69, 9.17) is 14.5 Å². The predicted octanol–water partition coefficient (Wildman–Crippen LogP) is 4.74. The van der Waals surface area contributed by atoms with Crippen LogP contribution in [0.15, 0.2) is 59.3 Å². The highest BCUT2D eigenvalue weighted by Crippen LogP contribution is 2.28. The van der Waals surface area contributed by atoms with Crippen molar-refractivity contribution in [2.75, 3.05) is 6.54 Å². The van der Waals surface area contributed by atoms with E-state index in [2.05, 4.69) is 35.1 Å². The Morgan fingerprint density at radius 1 is 1.10 bits per heavy atom. The zero-order valence-corrected chi connectivity index (χ0v) is 18.1. The Bertz CT molecular complexity index is 1180. The molecule has 0 saturated heterocycles. The average Bonchev–Trinajstić information content (AvgIpc) is 3.41. The standard InChI is InChI=1S/C25H27N5O/c1-3-7-24-26-14-19-15-29(13-12-22(19)27-24)16-20-17-30(21-8-5-4-6-9-21)28-25(20)23-11-10-18(2)31-23/h4-6,8-11,14,17H,3,7,12-13,15-16H2,1-2H3. The van der Waals surface area contributed by atoms with E-state index in [1.165, 1.54) is 11.3 Å². The van der Waals surface area contributed by atoms with E-state index in [0.29, 0.717) is 0 Å². The largest absolute Gasteiger partial charge is 0.460 e. The lowest BCUT2D eigenvalue weighted by atomic mass is 10.1. The van der Waals surface area contributed by atoms with E-state index in [1.807, 2.05) is 48.1 Å². The van der Waals surface area contributed by atoms with Crippen molar-refractivity contribution in [3.05, 3.63) is 83.3 Å². The second-order valence-corrected chi connectivity index (χ2v) is 8.16. The lowest BCUT2D eigenvalue weighted by Gasteiger charge is -2.27. The number of furan rings is 1. The van der Waals surface area contributed by atoms with Crippen molar-refractivity contribution < 1.29 is 4.42 Å². The molecule has 0 saturated carbocycles. The van der Waals surface area contributed by atoms with Crippen LogP contribution in [0, 0.1) is 6.92 Å². The van der Waals surface area contributed by atoms with Crippen LogP contribution in [0.5, 0.6) is 0 Å². The van der Waals surface area contributed by atoms with E-state index >= 15 is 0 Å². The van der Waals surface area contributed by atoms with Gasteiger partial charge in [0.15, 0.2) is 5.76 Å². The summed E-state index contributed by atoms with van der Waals surface area (Å²) in [5, 5.41) is 4.88. The van der Waals surface area contributed by atoms with Crippen LogP contribution in [-0.4, -0.2) is 31.2 Å². The number of benzene rings is 1. The zero-order valence-electron chi connectivity index (χ0n) is 18.1. The van der Waals surface area contributed by atoms with Gasteiger partial charge in [-0.3, -0.25) is 4.90 Å². The first kappa shape index (κ1) is 19.7. The Kier molecular flexibility index (Phi) is 5.38. The molecule has 0 unspecified atom stereocenters. The van der Waals surface area contributed by atoms with Gasteiger partial charge < -0.3 is 4.42 Å². The minimum absolute atomic E-state index is 0.804. The Morgan fingerprint density at radius 3 is 2.74 bits per heavy atom. The number of rotatable bonds is 6. The third kappa shape index (κ3) is 4.16. The summed E-state index contributed by atoms with van der Waals surface area (Å²) in [6.45, 7) is 6.76. The molecule has 6 heteroatoms. The second-order valence-electron chi connectivity index (χ2n) is 8.16. The molecule has 4 heterocycles. The van der Waals surface area contributed by atoms with Gasteiger partial charge in [-0.05, 0) is 37.6 Å². The van der Waals surface area contributed by atoms with Crippen LogP contribution < -0.4 is 0 Å². The van der Waals surface area contributed by atoms with Crippen molar-refractivity contribution >= 4 is 0 Å². The minimum atomic E-state index is 0.804. The molecule has 0 amide bonds. The highest BCUT2D eigenvalue weighted by Gasteiger charge is 2.22. The first-order chi connectivity index (χ1) is 15.2. The molecule has 158 valence electrons. The molecule has 0 spiro atoms. The zero-order chi connectivity index (χ0) is 21.2. The van der Waals surface area contributed by atoms with Crippen molar-refractivity contribution in [1.29, 1.82) is 0 Å². The molecule has 3 aromatic heterocycles. The molecule has 0 bridgehead atoms. The minimum Gasteiger partial charge on any atom is -0.460 e. The summed E-state index contributed by atoms with van der Waals surface area (Å²) < 4.78 is 7.87. The van der Waals surface area contributed by atoms with E-state index < -0.39 is 0 Å². The van der Waals surface area contributed by atoms with Crippen molar-refractivity contribution in [1.82, 2.24) is 24.6 Å². The predicted molar refractivity (Wildman–Crippen MR) is 120 cm³/mol. The van der Waals surface area contributed by atoms with E-state index in [0.717, 1.165) is 73.2 Å². The summed E-state index contributed by atoms with van der Waals surface area (Å²) in [5.74, 6) is 2.67. The third-order valence-corrected chi connectivity index (χ3v) is 5.71. The maximum atomic E-state index is 5.93. The number of hydrogen-bond acceptors (Lipinski definition) is 5. The van der Waals surface area contributed by atoms with Gasteiger partial charge in [0.05, 0.1) is 5.69 Å². The average molecular weight is 414 g/mol. The quantitative estimate of drug-likeness (QED) is 0.457. The van der Waals surface area contributed by atoms with E-state index in [9.17, 15) is 0 Å². The van der Waals surface area contributed by atoms with Crippen LogP contribution in [0.2, 0.25) is 0 Å². The van der Waals surface area contributed by atoms with Gasteiger partial charge in [-0.25, -0.2) is 14.6 Å². The van der Waals surface area contributed by atoms with Crippen molar-refractivity contribution in [2.45, 2.75) is 46.2 Å². The van der Waals surface area contributed by atoms with Gasteiger partial charge in [-0.1, -0.05) is 25.1 Å². The van der Waals surface area contributed by atoms with Crippen molar-refractivity contribution in [3.8, 4) is 17.1 Å². The molecule has 1 aliphatic heterocycles. The van der Waals surface area contributed by atoms with Gasteiger partial charge in [0.25, 0.3) is 0 Å². The molecule has 31 heavy (non-hydrogen) atoms. The molecular weight excluding hydrogens is 386 g/mol. The molecule has 0 fully saturated rings. The number of para-hydroxylation sites is 1. The van der Waals surface area contributed by atoms with Crippen LogP contribution in [0.25, 0.3) is 17.1 Å². The molecule has 0 aliphatic carbocycles. The van der Waals surface area contributed by atoms with Crippen molar-refractivity contribution in [3.63, 3.8) is 0 Å². The number of aryl methyl sites for hydroxylation is 2. The molecule has 0 atom stereocenters. The van der Waals surface area contributed by atoms with Crippen LogP contribution >= 0.6 is 0 Å². The molecule has 6 nitrogen and oxygen atoms in total. The fourth-order valence-corrected chi connectivity index (χ4v) is 4.14. The first-order valence-electron chi connectivity index (χ1n) is 11.0. The summed E-state index contributed by atoms with van der Waals surface area (Å²) in [4.78, 5) is 11.8. The molecule has 5 rings (SSSR count). The fourth-order valence-electron chi connectivity index (χ4n) is 4.14. The van der Waals surface area contributed by atoms with Crippen LogP contribution in [0.3, 0.4) is 0 Å². The summed E-state index contributed by atoms with van der Waals surface area (Å²) in [5.41, 5.74) is 5.54. The SMILES string of the molecule is CCCc1ncc2c(n1)CCN(Cc1cn(-c3ccccc3)nc1-c1ccc(C)o1)C2. The summed E-state index contributed by atoms with van der Waals surface area (Å²) >= 11 is 0. The lowest BCUT2D eigenvalue weighted by Crippen LogP contribution is -2.31. The Labute approximate surface area is 182 Å². The van der Waals surface area contributed by atoms with Crippen LogP contribution in [-0.2, 0) is 25.9 Å². The molecule has 1 aromatic carbocycles. The fraction of sp³-hybridized carbons (Fsp3) is 0.320. The van der Waals surface area contributed by atoms with Crippen molar-refractivity contribution in [2.24, 2.45) is 0 Å². The normalized spacial score (nSPS) is 14.0. The monoisotopic (exact) mass is 413 g/mol. The van der Waals surface area contributed by atoms with Gasteiger partial charge in [0.2, 0.25) is 0 Å². The summed E-state index contributed by atoms with van der Waals surface area (Å²) in [6, 6.07) is 14.2. The maximum absolute atomic E-state index is 5.93. The molecule has 4 aromatic rings. The first-order valence-corrected chi connectivity index (χ1v) is 11.0. The summed E-state index contributed by atoms with van der Waals surface area (Å²) in [7, 11) is 0. The smallest absolute Gasteiger partial charge is 0.154 e. The Balaban J connectivity index is 1.42. The van der Waals surface area contributed by atoms with Gasteiger partial charge in [0, 0.05) is 61.7 Å². The lowest BCUT2D eigenvalue weighted by molar-refractivity contribution is 0.242. The number of aromatic nitrogens is 4. The third-order valence-electron chi connectivity index (χ3n) is 5.71. The van der Waals surface area contributed by atoms with Gasteiger partial charge >= 0.3 is 0 Å². The Hall–Kier alpha value is -3.25. The maximum Gasteiger partial charge on any atom is 0.154 e. The van der Waals surface area contributed by atoms with Gasteiger partial charge in [0.1, 0.15) is 17.3 Å². The van der Waals surface area contributed by atoms with Crippen LogP contribution in [0.1, 0.15) is 41.8 Å². The van der Waals surface area contributed by atoms with E-state index in [-0.39, 0.29) is 0 Å². The Morgan fingerprint density at radius 2 is 1.97 bits per heavy atom.